The largest absolute Gasteiger partial charge is 0.394 e. The maximum absolute atomic E-state index is 11.7. The second-order valence-corrected chi connectivity index (χ2v) is 4.07. The number of hydrogen-bond donors (Lipinski definition) is 4. The van der Waals surface area contributed by atoms with Gasteiger partial charge in [-0.15, -0.1) is 0 Å². The summed E-state index contributed by atoms with van der Waals surface area (Å²) < 4.78 is 22.5. The third-order valence-electron chi connectivity index (χ3n) is 2.81. The van der Waals surface area contributed by atoms with E-state index in [2.05, 4.69) is 15.0 Å². The van der Waals surface area contributed by atoms with Crippen molar-refractivity contribution < 1.29 is 17.7 Å². The number of nitrogens with one attached hydrogen (secondary N) is 1. The minimum atomic E-state index is -2.07. The molecule has 102 valence electrons. The second kappa shape index (κ2) is 4.30. The SMILES string of the molecule is [2H]C1[C@H](O)[C@@H](CO)O[C@@]1([2H])n1cnc2c(=O)[nH]c(N)nc21. The first-order valence-corrected chi connectivity index (χ1v) is 5.51. The minimum Gasteiger partial charge on any atom is -0.394 e. The Balaban J connectivity index is 2.19. The van der Waals surface area contributed by atoms with Crippen LogP contribution >= 0.6 is 0 Å². The van der Waals surface area contributed by atoms with E-state index in [-0.39, 0.29) is 17.1 Å². The Morgan fingerprint density at radius 2 is 2.58 bits per heavy atom. The number of fused-ring (bicyclic) bond motifs is 1. The van der Waals surface area contributed by atoms with Crippen molar-refractivity contribution in [1.29, 1.82) is 0 Å². The number of rotatable bonds is 2. The van der Waals surface area contributed by atoms with Crippen molar-refractivity contribution in [3.63, 3.8) is 0 Å². The molecule has 0 amide bonds. The van der Waals surface area contributed by atoms with E-state index in [1.54, 1.807) is 0 Å². The van der Waals surface area contributed by atoms with E-state index in [0.29, 0.717) is 0 Å². The van der Waals surface area contributed by atoms with Gasteiger partial charge in [-0.25, -0.2) is 4.98 Å². The van der Waals surface area contributed by atoms with Gasteiger partial charge in [0.15, 0.2) is 11.2 Å². The summed E-state index contributed by atoms with van der Waals surface area (Å²) in [5.41, 5.74) is 4.78. The quantitative estimate of drug-likeness (QED) is 0.511. The summed E-state index contributed by atoms with van der Waals surface area (Å²) in [5, 5.41) is 19.0. The molecule has 3 rings (SSSR count). The van der Waals surface area contributed by atoms with E-state index >= 15 is 0 Å². The molecule has 0 saturated carbocycles. The smallest absolute Gasteiger partial charge is 0.280 e. The number of aromatic nitrogens is 4. The van der Waals surface area contributed by atoms with E-state index in [1.807, 2.05) is 0 Å². The van der Waals surface area contributed by atoms with Crippen LogP contribution in [0.5, 0.6) is 0 Å². The van der Waals surface area contributed by atoms with E-state index in [9.17, 15) is 9.90 Å². The Morgan fingerprint density at radius 1 is 1.79 bits per heavy atom. The normalized spacial score (nSPS) is 36.4. The van der Waals surface area contributed by atoms with E-state index in [0.717, 1.165) is 10.9 Å². The predicted molar refractivity (Wildman–Crippen MR) is 64.2 cm³/mol. The molecule has 4 atom stereocenters. The molecule has 2 aromatic heterocycles. The fourth-order valence-corrected chi connectivity index (χ4v) is 1.89. The highest BCUT2D eigenvalue weighted by Gasteiger charge is 2.35. The fraction of sp³-hybridized carbons (Fsp3) is 0.500. The molecule has 1 saturated heterocycles. The van der Waals surface area contributed by atoms with Crippen LogP contribution in [-0.4, -0.2) is 48.5 Å². The summed E-state index contributed by atoms with van der Waals surface area (Å²) >= 11 is 0. The number of imidazole rings is 1. The van der Waals surface area contributed by atoms with Crippen LogP contribution in [0.1, 0.15) is 15.3 Å². The number of anilines is 1. The Kier molecular flexibility index (Phi) is 2.24. The zero-order valence-corrected chi connectivity index (χ0v) is 9.65. The van der Waals surface area contributed by atoms with Crippen molar-refractivity contribution in [3.05, 3.63) is 16.7 Å². The molecule has 1 aliphatic heterocycles. The van der Waals surface area contributed by atoms with Crippen LogP contribution in [-0.2, 0) is 4.74 Å². The highest BCUT2D eigenvalue weighted by atomic mass is 16.5. The molecule has 2 aromatic rings. The lowest BCUT2D eigenvalue weighted by molar-refractivity contribution is -0.0432. The molecule has 0 spiro atoms. The Labute approximate surface area is 109 Å². The number of aromatic amines is 1. The lowest BCUT2D eigenvalue weighted by atomic mass is 10.2. The highest BCUT2D eigenvalue weighted by Crippen LogP contribution is 2.30. The number of aliphatic hydroxyl groups excluding tert-OH is 2. The molecule has 0 aromatic carbocycles. The second-order valence-electron chi connectivity index (χ2n) is 4.07. The zero-order chi connectivity index (χ0) is 15.4. The van der Waals surface area contributed by atoms with Crippen LogP contribution in [0, 0.1) is 0 Å². The van der Waals surface area contributed by atoms with Crippen molar-refractivity contribution in [2.45, 2.75) is 24.8 Å². The molecule has 0 bridgehead atoms. The molecular weight excluding hydrogens is 254 g/mol. The lowest BCUT2D eigenvalue weighted by Gasteiger charge is -2.13. The summed E-state index contributed by atoms with van der Waals surface area (Å²) in [7, 11) is 0. The molecule has 1 aliphatic rings. The van der Waals surface area contributed by atoms with Crippen molar-refractivity contribution in [2.24, 2.45) is 0 Å². The van der Waals surface area contributed by atoms with Crippen molar-refractivity contribution >= 4 is 17.1 Å². The van der Waals surface area contributed by atoms with Gasteiger partial charge in [-0.1, -0.05) is 0 Å². The van der Waals surface area contributed by atoms with Gasteiger partial charge in [-0.05, 0) is 0 Å². The number of hydrogen-bond acceptors (Lipinski definition) is 7. The third kappa shape index (κ3) is 1.87. The van der Waals surface area contributed by atoms with Crippen molar-refractivity contribution in [3.8, 4) is 0 Å². The first kappa shape index (κ1) is 9.89. The van der Waals surface area contributed by atoms with Crippen LogP contribution in [0.25, 0.3) is 11.2 Å². The maximum Gasteiger partial charge on any atom is 0.280 e. The Morgan fingerprint density at radius 3 is 3.26 bits per heavy atom. The van der Waals surface area contributed by atoms with Gasteiger partial charge in [0.1, 0.15) is 12.3 Å². The van der Waals surface area contributed by atoms with Gasteiger partial charge >= 0.3 is 0 Å². The molecule has 5 N–H and O–H groups in total. The Bertz CT molecular complexity index is 749. The van der Waals surface area contributed by atoms with Crippen molar-refractivity contribution in [1.82, 2.24) is 19.5 Å². The topological polar surface area (TPSA) is 139 Å². The van der Waals surface area contributed by atoms with E-state index in [4.69, 9.17) is 18.3 Å². The number of nitrogens with two attached hydrogens (primary N) is 1. The third-order valence-corrected chi connectivity index (χ3v) is 2.81. The number of nitrogens with zero attached hydrogens (tertiary/aromatic N) is 3. The van der Waals surface area contributed by atoms with E-state index < -0.39 is 37.0 Å². The molecule has 9 nitrogen and oxygen atoms in total. The highest BCUT2D eigenvalue weighted by molar-refractivity contribution is 5.70. The lowest BCUT2D eigenvalue weighted by Crippen LogP contribution is -2.24. The number of ether oxygens (including phenoxy) is 1. The molecule has 1 unspecified atom stereocenters. The zero-order valence-electron chi connectivity index (χ0n) is 11.6. The standard InChI is InChI=1S/C10H13N5O4/c11-10-13-8-7(9(18)14-10)12-3-15(8)6-1-4(17)5(2-16)19-6/h3-6,16-17H,1-2H2,(H3,11,13,14,18)/t4-,5+,6+/m0/s1/i1D,6D/t1?,4-,5+,6+. The maximum atomic E-state index is 11.7. The summed E-state index contributed by atoms with van der Waals surface area (Å²) in [4.78, 5) is 21.7. The first-order chi connectivity index (χ1) is 9.88. The molecular formula is C10H13N5O4. The van der Waals surface area contributed by atoms with Gasteiger partial charge in [-0.2, -0.15) is 4.98 Å². The number of aliphatic hydroxyl groups is 2. The minimum absolute atomic E-state index is 0.0331. The molecule has 9 heteroatoms. The van der Waals surface area contributed by atoms with Crippen LogP contribution < -0.4 is 11.3 Å². The van der Waals surface area contributed by atoms with Crippen LogP contribution in [0.2, 0.25) is 0 Å². The van der Waals surface area contributed by atoms with Gasteiger partial charge in [0.05, 0.1) is 20.4 Å². The average Bonchev–Trinajstić information content (AvgIpc) is 2.95. The molecule has 0 aliphatic carbocycles. The Hall–Kier alpha value is -1.97. The van der Waals surface area contributed by atoms with Gasteiger partial charge in [0.25, 0.3) is 5.56 Å². The summed E-state index contributed by atoms with van der Waals surface area (Å²) in [5.74, 6) is -0.170. The van der Waals surface area contributed by atoms with Crippen molar-refractivity contribution in [2.75, 3.05) is 12.3 Å². The number of nitrogen functional groups attached to an aromatic ring is 1. The van der Waals surface area contributed by atoms with Gasteiger partial charge in [0, 0.05) is 7.77 Å². The fourth-order valence-electron chi connectivity index (χ4n) is 1.89. The van der Waals surface area contributed by atoms with Gasteiger partial charge in [-0.3, -0.25) is 14.3 Å². The molecule has 3 heterocycles. The van der Waals surface area contributed by atoms with Gasteiger partial charge < -0.3 is 20.7 Å². The summed E-state index contributed by atoms with van der Waals surface area (Å²) in [6.07, 6.45) is -4.82. The van der Waals surface area contributed by atoms with Gasteiger partial charge in [0.2, 0.25) is 5.95 Å². The summed E-state index contributed by atoms with van der Waals surface area (Å²) in [6, 6.07) is 0. The predicted octanol–water partition coefficient (Wildman–Crippen LogP) is -1.66. The number of H-pyrrole nitrogens is 1. The molecule has 1 fully saturated rings. The molecule has 0 radical (unpaired) electrons. The first-order valence-electron chi connectivity index (χ1n) is 6.58. The van der Waals surface area contributed by atoms with Crippen LogP contribution in [0.3, 0.4) is 0 Å². The average molecular weight is 269 g/mol. The molecule has 19 heavy (non-hydrogen) atoms. The van der Waals surface area contributed by atoms with E-state index in [1.165, 1.54) is 0 Å². The van der Waals surface area contributed by atoms with Crippen LogP contribution in [0.4, 0.5) is 5.95 Å². The monoisotopic (exact) mass is 269 g/mol. The summed E-state index contributed by atoms with van der Waals surface area (Å²) in [6.45, 7) is -0.542. The van der Waals surface area contributed by atoms with Crippen LogP contribution in [0.15, 0.2) is 11.1 Å².